The molecule has 0 aromatic rings. The van der Waals surface area contributed by atoms with E-state index >= 15 is 0 Å². The number of nitrogens with one attached hydrogen (secondary N) is 1. The highest BCUT2D eigenvalue weighted by Gasteiger charge is 2.26. The Hall–Kier alpha value is -1.70. The fraction of sp³-hybridized carbons (Fsp3) is 0.714. The second-order valence-electron chi connectivity index (χ2n) is 5.52. The molecule has 0 aliphatic heterocycles. The molecule has 0 aromatic carbocycles. The van der Waals surface area contributed by atoms with Gasteiger partial charge in [-0.25, -0.2) is 4.79 Å². The Balaban J connectivity index is 2.55. The number of aliphatic carboxylic acids is 1. The van der Waals surface area contributed by atoms with Crippen LogP contribution in [0, 0.1) is 24.2 Å². The third kappa shape index (κ3) is 5.21. The maximum atomic E-state index is 12.0. The summed E-state index contributed by atoms with van der Waals surface area (Å²) in [5, 5.41) is 11.7. The molecule has 2 N–H and O–H groups in total. The quantitative estimate of drug-likeness (QED) is 0.758. The molecule has 1 aliphatic rings. The molecule has 0 heterocycles. The Labute approximate surface area is 114 Å². The van der Waals surface area contributed by atoms with Gasteiger partial charge in [0.05, 0.1) is 6.54 Å². The highest BCUT2D eigenvalue weighted by molar-refractivity contribution is 5.80. The summed E-state index contributed by atoms with van der Waals surface area (Å²) in [7, 11) is 0. The molecule has 2 amide bonds. The van der Waals surface area contributed by atoms with Gasteiger partial charge in [-0.3, -0.25) is 4.79 Å². The Bertz CT molecular complexity index is 365. The van der Waals surface area contributed by atoms with Crippen LogP contribution in [0.4, 0.5) is 4.79 Å². The van der Waals surface area contributed by atoms with E-state index in [9.17, 15) is 9.59 Å². The molecule has 0 saturated heterocycles. The van der Waals surface area contributed by atoms with E-state index in [-0.39, 0.29) is 25.2 Å². The smallest absolute Gasteiger partial charge is 0.323 e. The normalized spacial score (nSPS) is 26.3. The minimum Gasteiger partial charge on any atom is -0.480 e. The fourth-order valence-corrected chi connectivity index (χ4v) is 2.80. The summed E-state index contributed by atoms with van der Waals surface area (Å²) in [6.45, 7) is 3.99. The van der Waals surface area contributed by atoms with Crippen LogP contribution < -0.4 is 5.32 Å². The third-order valence-electron chi connectivity index (χ3n) is 3.40. The molecule has 0 bridgehead atoms. The first-order chi connectivity index (χ1) is 8.92. The number of terminal acetylenes is 1. The number of carboxylic acids is 1. The lowest BCUT2D eigenvalue weighted by molar-refractivity contribution is -0.137. The number of hydrogen-bond donors (Lipinski definition) is 2. The zero-order valence-corrected chi connectivity index (χ0v) is 11.6. The van der Waals surface area contributed by atoms with Crippen molar-refractivity contribution in [3.8, 4) is 12.3 Å². The molecule has 1 rings (SSSR count). The van der Waals surface area contributed by atoms with Gasteiger partial charge < -0.3 is 15.3 Å². The van der Waals surface area contributed by atoms with Crippen LogP contribution >= 0.6 is 0 Å². The predicted octanol–water partition coefficient (Wildman–Crippen LogP) is 1.54. The van der Waals surface area contributed by atoms with Crippen molar-refractivity contribution in [2.75, 3.05) is 13.1 Å². The number of carbonyl (C=O) groups excluding carboxylic acids is 1. The van der Waals surface area contributed by atoms with Crippen molar-refractivity contribution < 1.29 is 14.7 Å². The zero-order chi connectivity index (χ0) is 14.4. The zero-order valence-electron chi connectivity index (χ0n) is 11.6. The van der Waals surface area contributed by atoms with Gasteiger partial charge in [0.25, 0.3) is 0 Å². The van der Waals surface area contributed by atoms with E-state index in [1.54, 1.807) is 0 Å². The Morgan fingerprint density at radius 2 is 1.89 bits per heavy atom. The first-order valence-electron chi connectivity index (χ1n) is 6.63. The van der Waals surface area contributed by atoms with Crippen LogP contribution in [0.1, 0.15) is 33.1 Å². The molecule has 0 radical (unpaired) electrons. The van der Waals surface area contributed by atoms with Crippen molar-refractivity contribution >= 4 is 12.0 Å². The number of carboxylic acid groups (broad SMARTS) is 1. The number of amides is 2. The fourth-order valence-electron chi connectivity index (χ4n) is 2.80. The van der Waals surface area contributed by atoms with Crippen molar-refractivity contribution in [1.29, 1.82) is 0 Å². The van der Waals surface area contributed by atoms with E-state index in [0.717, 1.165) is 17.7 Å². The lowest BCUT2D eigenvalue weighted by atomic mass is 9.80. The summed E-state index contributed by atoms with van der Waals surface area (Å²) in [6, 6.07) is -0.271. The van der Waals surface area contributed by atoms with E-state index in [1.165, 1.54) is 6.42 Å². The monoisotopic (exact) mass is 266 g/mol. The molecule has 106 valence electrons. The average molecular weight is 266 g/mol. The van der Waals surface area contributed by atoms with E-state index in [4.69, 9.17) is 11.5 Å². The van der Waals surface area contributed by atoms with Crippen molar-refractivity contribution in [1.82, 2.24) is 10.2 Å². The van der Waals surface area contributed by atoms with Gasteiger partial charge in [0.15, 0.2) is 0 Å². The summed E-state index contributed by atoms with van der Waals surface area (Å²) in [4.78, 5) is 23.8. The maximum Gasteiger partial charge on any atom is 0.323 e. The van der Waals surface area contributed by atoms with Crippen LogP contribution in [-0.2, 0) is 4.79 Å². The summed E-state index contributed by atoms with van der Waals surface area (Å²) >= 11 is 0. The molecule has 1 aliphatic carbocycles. The van der Waals surface area contributed by atoms with Gasteiger partial charge in [0.2, 0.25) is 0 Å². The van der Waals surface area contributed by atoms with Crippen LogP contribution in [0.15, 0.2) is 0 Å². The molecule has 0 aromatic heterocycles. The number of hydrogen-bond acceptors (Lipinski definition) is 2. The number of carbonyl (C=O) groups is 2. The van der Waals surface area contributed by atoms with Crippen LogP contribution in [-0.4, -0.2) is 41.1 Å². The van der Waals surface area contributed by atoms with E-state index in [2.05, 4.69) is 25.1 Å². The van der Waals surface area contributed by atoms with Gasteiger partial charge >= 0.3 is 12.0 Å². The summed E-state index contributed by atoms with van der Waals surface area (Å²) in [5.41, 5.74) is 0. The van der Waals surface area contributed by atoms with Gasteiger partial charge in [0, 0.05) is 6.04 Å². The molecular formula is C14H22N2O3. The molecule has 2 atom stereocenters. The lowest BCUT2D eigenvalue weighted by Crippen LogP contribution is -2.48. The van der Waals surface area contributed by atoms with Gasteiger partial charge in [-0.2, -0.15) is 0 Å². The topological polar surface area (TPSA) is 69.6 Å². The van der Waals surface area contributed by atoms with Crippen LogP contribution in [0.25, 0.3) is 0 Å². The SMILES string of the molecule is C#CCN(CC(=O)O)C(=O)NC1CC(C)CC(C)C1. The molecule has 19 heavy (non-hydrogen) atoms. The number of nitrogens with zero attached hydrogens (tertiary/aromatic N) is 1. The van der Waals surface area contributed by atoms with Crippen LogP contribution in [0.5, 0.6) is 0 Å². The molecule has 5 heteroatoms. The van der Waals surface area contributed by atoms with Gasteiger partial charge in [-0.1, -0.05) is 19.8 Å². The first kappa shape index (κ1) is 15.4. The molecule has 0 spiro atoms. The predicted molar refractivity (Wildman–Crippen MR) is 72.5 cm³/mol. The second kappa shape index (κ2) is 7.03. The van der Waals surface area contributed by atoms with Gasteiger partial charge in [-0.15, -0.1) is 6.42 Å². The van der Waals surface area contributed by atoms with Crippen LogP contribution in [0.3, 0.4) is 0 Å². The van der Waals surface area contributed by atoms with Gasteiger partial charge in [-0.05, 0) is 31.1 Å². The van der Waals surface area contributed by atoms with E-state index in [1.807, 2.05) is 0 Å². The minimum atomic E-state index is -1.06. The Kier molecular flexibility index (Phi) is 5.68. The average Bonchev–Trinajstić information content (AvgIpc) is 2.26. The summed E-state index contributed by atoms with van der Waals surface area (Å²) in [5.74, 6) is 2.41. The van der Waals surface area contributed by atoms with Crippen molar-refractivity contribution in [3.63, 3.8) is 0 Å². The highest BCUT2D eigenvalue weighted by Crippen LogP contribution is 2.28. The highest BCUT2D eigenvalue weighted by atomic mass is 16.4. The Morgan fingerprint density at radius 3 is 2.37 bits per heavy atom. The molecule has 1 fully saturated rings. The summed E-state index contributed by atoms with van der Waals surface area (Å²) in [6.07, 6.45) is 8.21. The maximum absolute atomic E-state index is 12.0. The van der Waals surface area contributed by atoms with E-state index < -0.39 is 5.97 Å². The molecule has 2 unspecified atom stereocenters. The molecule has 1 saturated carbocycles. The minimum absolute atomic E-state index is 0.00988. The number of urea groups is 1. The van der Waals surface area contributed by atoms with Crippen LogP contribution in [0.2, 0.25) is 0 Å². The largest absolute Gasteiger partial charge is 0.480 e. The van der Waals surface area contributed by atoms with Crippen molar-refractivity contribution in [2.45, 2.75) is 39.2 Å². The van der Waals surface area contributed by atoms with E-state index in [0.29, 0.717) is 11.8 Å². The molecule has 5 nitrogen and oxygen atoms in total. The Morgan fingerprint density at radius 1 is 1.32 bits per heavy atom. The third-order valence-corrected chi connectivity index (χ3v) is 3.40. The standard InChI is InChI=1S/C14H22N2O3/c1-4-5-16(9-13(17)18)14(19)15-12-7-10(2)6-11(3)8-12/h1,10-12H,5-9H2,2-3H3,(H,15,19)(H,17,18). The second-order valence-corrected chi connectivity index (χ2v) is 5.52. The van der Waals surface area contributed by atoms with Crippen molar-refractivity contribution in [2.24, 2.45) is 11.8 Å². The molecular weight excluding hydrogens is 244 g/mol. The number of rotatable bonds is 4. The lowest BCUT2D eigenvalue weighted by Gasteiger charge is -2.33. The van der Waals surface area contributed by atoms with Gasteiger partial charge in [0.1, 0.15) is 6.54 Å². The van der Waals surface area contributed by atoms with Crippen molar-refractivity contribution in [3.05, 3.63) is 0 Å². The summed E-state index contributed by atoms with van der Waals surface area (Å²) < 4.78 is 0. The first-order valence-corrected chi connectivity index (χ1v) is 6.63.